The van der Waals surface area contributed by atoms with E-state index in [0.29, 0.717) is 31.7 Å². The zero-order valence-electron chi connectivity index (χ0n) is 21.4. The molecule has 2 amide bonds. The van der Waals surface area contributed by atoms with E-state index in [1.54, 1.807) is 23.3 Å². The summed E-state index contributed by atoms with van der Waals surface area (Å²) < 4.78 is 5.26. The number of hydrogen-bond donors (Lipinski definition) is 0. The van der Waals surface area contributed by atoms with Gasteiger partial charge in [0.2, 0.25) is 5.91 Å². The molecular weight excluding hydrogens is 480 g/mol. The first-order chi connectivity index (χ1) is 18.1. The second-order valence-electron chi connectivity index (χ2n) is 9.50. The summed E-state index contributed by atoms with van der Waals surface area (Å²) in [5, 5.41) is 4.03. The number of ether oxygens (including phenoxy) is 1. The van der Waals surface area contributed by atoms with Crippen LogP contribution >= 0.6 is 11.3 Å². The van der Waals surface area contributed by atoms with Gasteiger partial charge in [0.1, 0.15) is 6.54 Å². The van der Waals surface area contributed by atoms with Gasteiger partial charge in [0.05, 0.1) is 6.04 Å². The molecule has 0 N–H and O–H groups in total. The number of aryl methyl sites for hydroxylation is 1. The Kier molecular flexibility index (Phi) is 7.68. The average molecular weight is 513 g/mol. The van der Waals surface area contributed by atoms with Gasteiger partial charge in [0, 0.05) is 37.2 Å². The highest BCUT2D eigenvalue weighted by Gasteiger charge is 2.34. The Morgan fingerprint density at radius 2 is 1.78 bits per heavy atom. The summed E-state index contributed by atoms with van der Waals surface area (Å²) in [5.74, 6) is -0.155. The van der Waals surface area contributed by atoms with Crippen LogP contribution in [-0.2, 0) is 16.0 Å². The van der Waals surface area contributed by atoms with Gasteiger partial charge in [-0.1, -0.05) is 60.7 Å². The first-order valence-corrected chi connectivity index (χ1v) is 13.6. The van der Waals surface area contributed by atoms with Gasteiger partial charge in [0.25, 0.3) is 5.91 Å². The van der Waals surface area contributed by atoms with E-state index in [2.05, 4.69) is 30.5 Å². The molecular formula is C31H32N2O3S. The Morgan fingerprint density at radius 1 is 1.00 bits per heavy atom. The van der Waals surface area contributed by atoms with Crippen LogP contribution in [0.4, 0.5) is 0 Å². The van der Waals surface area contributed by atoms with Crippen molar-refractivity contribution in [3.8, 4) is 0 Å². The highest BCUT2D eigenvalue weighted by atomic mass is 32.1. The van der Waals surface area contributed by atoms with Crippen molar-refractivity contribution in [1.29, 1.82) is 0 Å². The van der Waals surface area contributed by atoms with Crippen LogP contribution in [0, 0.1) is 6.92 Å². The van der Waals surface area contributed by atoms with E-state index >= 15 is 0 Å². The van der Waals surface area contributed by atoms with E-state index < -0.39 is 0 Å². The van der Waals surface area contributed by atoms with Crippen LogP contribution in [0.15, 0.2) is 78.2 Å². The van der Waals surface area contributed by atoms with Crippen LogP contribution in [0.2, 0.25) is 0 Å². The summed E-state index contributed by atoms with van der Waals surface area (Å²) in [6.45, 7) is 3.75. The van der Waals surface area contributed by atoms with Crippen LogP contribution < -0.4 is 0 Å². The average Bonchev–Trinajstić information content (AvgIpc) is 3.41. The third-order valence-electron chi connectivity index (χ3n) is 7.18. The zero-order chi connectivity index (χ0) is 25.8. The van der Waals surface area contributed by atoms with E-state index in [-0.39, 0.29) is 24.4 Å². The summed E-state index contributed by atoms with van der Waals surface area (Å²) in [6.07, 6.45) is 1.50. The summed E-state index contributed by atoms with van der Waals surface area (Å²) in [7, 11) is 1.65. The molecule has 1 aromatic heterocycles. The summed E-state index contributed by atoms with van der Waals surface area (Å²) >= 11 is 1.76. The number of benzene rings is 3. The fraction of sp³-hybridized carbons (Fsp3) is 0.290. The first-order valence-electron chi connectivity index (χ1n) is 12.8. The molecule has 1 atom stereocenters. The van der Waals surface area contributed by atoms with Crippen molar-refractivity contribution in [3.63, 3.8) is 0 Å². The molecule has 5 nitrogen and oxygen atoms in total. The topological polar surface area (TPSA) is 49.9 Å². The fourth-order valence-electron chi connectivity index (χ4n) is 5.30. The quantitative estimate of drug-likeness (QED) is 0.278. The lowest BCUT2D eigenvalue weighted by Crippen LogP contribution is -2.47. The van der Waals surface area contributed by atoms with Crippen molar-refractivity contribution in [2.75, 3.05) is 33.4 Å². The standard InChI is InChI=1S/C31H32N2O3S/c1-22-9-3-5-12-24(22)30-27-16-20-37-28(27)15-18-33(30)29(34)21-32(17-8-19-36-2)31(35)26-14-7-11-23-10-4-6-13-25(23)26/h3-7,9-14,16,20,30H,8,15,17-19,21H2,1-2H3. The Labute approximate surface area is 222 Å². The number of fused-ring (bicyclic) bond motifs is 2. The van der Waals surface area contributed by atoms with Crippen molar-refractivity contribution < 1.29 is 14.3 Å². The van der Waals surface area contributed by atoms with Crippen LogP contribution in [0.1, 0.15) is 44.4 Å². The van der Waals surface area contributed by atoms with Crippen LogP contribution in [0.3, 0.4) is 0 Å². The van der Waals surface area contributed by atoms with Crippen molar-refractivity contribution >= 4 is 33.9 Å². The van der Waals surface area contributed by atoms with Gasteiger partial charge < -0.3 is 14.5 Å². The summed E-state index contributed by atoms with van der Waals surface area (Å²) in [4.78, 5) is 32.8. The minimum absolute atomic E-state index is 0.0314. The van der Waals surface area contributed by atoms with Crippen molar-refractivity contribution in [2.45, 2.75) is 25.8 Å². The number of rotatable bonds is 8. The van der Waals surface area contributed by atoms with Gasteiger partial charge >= 0.3 is 0 Å². The predicted octanol–water partition coefficient (Wildman–Crippen LogP) is 5.86. The van der Waals surface area contributed by atoms with Crippen LogP contribution in [0.5, 0.6) is 0 Å². The normalized spacial score (nSPS) is 15.0. The number of methoxy groups -OCH3 is 1. The minimum Gasteiger partial charge on any atom is -0.385 e. The van der Waals surface area contributed by atoms with Crippen LogP contribution in [-0.4, -0.2) is 55.0 Å². The molecule has 6 heteroatoms. The molecule has 5 rings (SSSR count). The van der Waals surface area contributed by atoms with Gasteiger partial charge in [-0.05, 0) is 64.7 Å². The highest BCUT2D eigenvalue weighted by Crippen LogP contribution is 2.39. The first kappa shape index (κ1) is 25.2. The number of hydrogen-bond acceptors (Lipinski definition) is 4. The third-order valence-corrected chi connectivity index (χ3v) is 8.18. The maximum absolute atomic E-state index is 14.0. The molecule has 0 fully saturated rings. The second-order valence-corrected chi connectivity index (χ2v) is 10.5. The third kappa shape index (κ3) is 5.17. The largest absolute Gasteiger partial charge is 0.385 e. The molecule has 2 heterocycles. The second kappa shape index (κ2) is 11.3. The Hall–Kier alpha value is -3.48. The summed E-state index contributed by atoms with van der Waals surface area (Å²) in [5.41, 5.74) is 4.12. The van der Waals surface area contributed by atoms with Gasteiger partial charge in [0.15, 0.2) is 0 Å². The molecule has 0 radical (unpaired) electrons. The maximum atomic E-state index is 14.0. The van der Waals surface area contributed by atoms with Crippen molar-refractivity contribution in [2.24, 2.45) is 0 Å². The van der Waals surface area contributed by atoms with Gasteiger partial charge in [-0.2, -0.15) is 0 Å². The molecule has 1 unspecified atom stereocenters. The fourth-order valence-corrected chi connectivity index (χ4v) is 6.21. The lowest BCUT2D eigenvalue weighted by Gasteiger charge is -2.38. The van der Waals surface area contributed by atoms with E-state index in [4.69, 9.17) is 4.74 Å². The molecule has 0 aliphatic carbocycles. The summed E-state index contributed by atoms with van der Waals surface area (Å²) in [6, 6.07) is 23.9. The number of thiophene rings is 1. The van der Waals surface area contributed by atoms with Crippen molar-refractivity contribution in [1.82, 2.24) is 9.80 Å². The molecule has 37 heavy (non-hydrogen) atoms. The zero-order valence-corrected chi connectivity index (χ0v) is 22.2. The molecule has 0 spiro atoms. The van der Waals surface area contributed by atoms with E-state index in [1.807, 2.05) is 59.5 Å². The molecule has 1 aliphatic rings. The lowest BCUT2D eigenvalue weighted by molar-refractivity contribution is -0.134. The molecule has 3 aromatic carbocycles. The SMILES string of the molecule is COCCCN(CC(=O)N1CCc2sccc2C1c1ccccc1C)C(=O)c1cccc2ccccc12. The molecule has 1 aliphatic heterocycles. The molecule has 0 bridgehead atoms. The highest BCUT2D eigenvalue weighted by molar-refractivity contribution is 7.10. The number of carbonyl (C=O) groups excluding carboxylic acids is 2. The molecule has 190 valence electrons. The van der Waals surface area contributed by atoms with E-state index in [1.165, 1.54) is 10.4 Å². The molecule has 0 saturated carbocycles. The van der Waals surface area contributed by atoms with Gasteiger partial charge in [-0.25, -0.2) is 0 Å². The van der Waals surface area contributed by atoms with Crippen LogP contribution in [0.25, 0.3) is 10.8 Å². The predicted molar refractivity (Wildman–Crippen MR) is 149 cm³/mol. The Morgan fingerprint density at radius 3 is 2.62 bits per heavy atom. The maximum Gasteiger partial charge on any atom is 0.254 e. The number of amides is 2. The smallest absolute Gasteiger partial charge is 0.254 e. The van der Waals surface area contributed by atoms with Gasteiger partial charge in [-0.15, -0.1) is 11.3 Å². The molecule has 4 aromatic rings. The Balaban J connectivity index is 1.46. The van der Waals surface area contributed by atoms with Crippen molar-refractivity contribution in [3.05, 3.63) is 105 Å². The monoisotopic (exact) mass is 512 g/mol. The molecule has 0 saturated heterocycles. The van der Waals surface area contributed by atoms with Gasteiger partial charge in [-0.3, -0.25) is 9.59 Å². The number of carbonyl (C=O) groups is 2. The Bertz CT molecular complexity index is 1410. The van der Waals surface area contributed by atoms with E-state index in [9.17, 15) is 9.59 Å². The minimum atomic E-state index is -0.141. The number of nitrogens with zero attached hydrogens (tertiary/aromatic N) is 2. The van der Waals surface area contributed by atoms with E-state index in [0.717, 1.165) is 28.3 Å². The lowest BCUT2D eigenvalue weighted by atomic mass is 9.90.